The maximum Gasteiger partial charge on any atom is 0.299 e. The van der Waals surface area contributed by atoms with Crippen molar-refractivity contribution in [2.45, 2.75) is 0 Å². The van der Waals surface area contributed by atoms with E-state index in [-0.39, 0.29) is 11.4 Å². The predicted octanol–water partition coefficient (Wildman–Crippen LogP) is 2.83. The van der Waals surface area contributed by atoms with Gasteiger partial charge in [0.2, 0.25) is 0 Å². The van der Waals surface area contributed by atoms with Gasteiger partial charge in [0, 0.05) is 37.9 Å². The van der Waals surface area contributed by atoms with Crippen molar-refractivity contribution in [2.75, 3.05) is 36.0 Å². The minimum absolute atomic E-state index is 0.225. The Balaban J connectivity index is 1.79. The van der Waals surface area contributed by atoms with Crippen LogP contribution in [0.25, 0.3) is 0 Å². The molecule has 0 bridgehead atoms. The van der Waals surface area contributed by atoms with Crippen molar-refractivity contribution in [3.63, 3.8) is 0 Å². The molecule has 1 aliphatic rings. The summed E-state index contributed by atoms with van der Waals surface area (Å²) in [7, 11) is 0. The predicted molar refractivity (Wildman–Crippen MR) is 90.6 cm³/mol. The van der Waals surface area contributed by atoms with Gasteiger partial charge in [0.25, 0.3) is 11.4 Å². The van der Waals surface area contributed by atoms with Crippen molar-refractivity contribution in [1.82, 2.24) is 0 Å². The minimum atomic E-state index is -0.621. The minimum Gasteiger partial charge on any atom is -0.368 e. The second-order valence-electron chi connectivity index (χ2n) is 5.50. The van der Waals surface area contributed by atoms with Crippen LogP contribution in [0.5, 0.6) is 0 Å². The molecule has 1 fully saturated rings. The summed E-state index contributed by atoms with van der Waals surface area (Å²) in [6, 6.07) is 13.8. The Kier molecular flexibility index (Phi) is 4.28. The third-order valence-electron chi connectivity index (χ3n) is 4.11. The number of non-ortho nitro benzene ring substituents is 1. The molecule has 8 nitrogen and oxygen atoms in total. The van der Waals surface area contributed by atoms with Crippen molar-refractivity contribution in [3.8, 4) is 0 Å². The molecule has 8 heteroatoms. The Morgan fingerprint density at radius 1 is 0.792 bits per heavy atom. The summed E-state index contributed by atoms with van der Waals surface area (Å²) in [4.78, 5) is 25.0. The molecular formula is C16H16N4O4. The van der Waals surface area contributed by atoms with Crippen LogP contribution < -0.4 is 9.80 Å². The van der Waals surface area contributed by atoms with E-state index in [1.165, 1.54) is 12.1 Å². The number of para-hydroxylation sites is 1. The summed E-state index contributed by atoms with van der Waals surface area (Å²) in [6.45, 7) is 2.71. The van der Waals surface area contributed by atoms with E-state index in [1.54, 1.807) is 0 Å². The second kappa shape index (κ2) is 6.53. The molecule has 24 heavy (non-hydrogen) atoms. The summed E-state index contributed by atoms with van der Waals surface area (Å²) in [5, 5.41) is 22.1. The number of anilines is 2. The average molecular weight is 328 g/mol. The van der Waals surface area contributed by atoms with Gasteiger partial charge in [-0.1, -0.05) is 18.2 Å². The summed E-state index contributed by atoms with van der Waals surface area (Å²) < 4.78 is 0. The molecular weight excluding hydrogens is 312 g/mol. The molecule has 0 radical (unpaired) electrons. The van der Waals surface area contributed by atoms with E-state index >= 15 is 0 Å². The normalized spacial score (nSPS) is 14.5. The maximum atomic E-state index is 11.3. The molecule has 2 aromatic carbocycles. The van der Waals surface area contributed by atoms with Gasteiger partial charge in [-0.05, 0) is 18.2 Å². The molecule has 0 aliphatic carbocycles. The van der Waals surface area contributed by atoms with Crippen LogP contribution in [0, 0.1) is 20.2 Å². The Morgan fingerprint density at radius 3 is 2.00 bits per heavy atom. The van der Waals surface area contributed by atoms with E-state index in [0.717, 1.165) is 24.8 Å². The molecule has 0 N–H and O–H groups in total. The first-order chi connectivity index (χ1) is 11.6. The number of hydrogen-bond acceptors (Lipinski definition) is 6. The average Bonchev–Trinajstić information content (AvgIpc) is 2.62. The van der Waals surface area contributed by atoms with Crippen LogP contribution in [0.1, 0.15) is 0 Å². The molecule has 0 aromatic heterocycles. The molecule has 124 valence electrons. The fourth-order valence-electron chi connectivity index (χ4n) is 2.88. The quantitative estimate of drug-likeness (QED) is 0.633. The zero-order chi connectivity index (χ0) is 17.1. The third kappa shape index (κ3) is 3.12. The van der Waals surface area contributed by atoms with Crippen LogP contribution in [-0.4, -0.2) is 36.0 Å². The molecule has 3 rings (SSSR count). The van der Waals surface area contributed by atoms with Gasteiger partial charge < -0.3 is 9.80 Å². The van der Waals surface area contributed by atoms with Crippen LogP contribution in [-0.2, 0) is 0 Å². The van der Waals surface area contributed by atoms with Crippen LogP contribution in [0.15, 0.2) is 48.5 Å². The van der Waals surface area contributed by atoms with Crippen LogP contribution in [0.2, 0.25) is 0 Å². The number of benzene rings is 2. The van der Waals surface area contributed by atoms with E-state index in [4.69, 9.17) is 0 Å². The Bertz CT molecular complexity index is 758. The van der Waals surface area contributed by atoms with Gasteiger partial charge in [0.05, 0.1) is 15.9 Å². The van der Waals surface area contributed by atoms with Gasteiger partial charge >= 0.3 is 0 Å². The van der Waals surface area contributed by atoms with E-state index in [9.17, 15) is 20.2 Å². The zero-order valence-electron chi connectivity index (χ0n) is 12.9. The largest absolute Gasteiger partial charge is 0.368 e. The monoisotopic (exact) mass is 328 g/mol. The highest BCUT2D eigenvalue weighted by atomic mass is 16.6. The number of nitro benzene ring substituents is 2. The standard InChI is InChI=1S/C16H16N4O4/c21-19(22)14-6-7-15(16(12-14)20(23)24)18-10-8-17(9-11-18)13-4-2-1-3-5-13/h1-7,12H,8-11H2. The van der Waals surface area contributed by atoms with E-state index < -0.39 is 9.85 Å². The van der Waals surface area contributed by atoms with Gasteiger partial charge in [0.15, 0.2) is 0 Å². The van der Waals surface area contributed by atoms with E-state index in [2.05, 4.69) is 4.90 Å². The van der Waals surface area contributed by atoms with Crippen LogP contribution in [0.4, 0.5) is 22.7 Å². The van der Waals surface area contributed by atoms with Gasteiger partial charge in [-0.2, -0.15) is 0 Å². The lowest BCUT2D eigenvalue weighted by molar-refractivity contribution is -0.393. The van der Waals surface area contributed by atoms with Crippen LogP contribution in [0.3, 0.4) is 0 Å². The van der Waals surface area contributed by atoms with Gasteiger partial charge in [-0.3, -0.25) is 20.2 Å². The number of hydrogen-bond donors (Lipinski definition) is 0. The maximum absolute atomic E-state index is 11.3. The van der Waals surface area contributed by atoms with Crippen LogP contribution >= 0.6 is 0 Å². The SMILES string of the molecule is O=[N+]([O-])c1ccc(N2CCN(c3ccccc3)CC2)c([N+](=O)[O-])c1. The van der Waals surface area contributed by atoms with Crippen molar-refractivity contribution < 1.29 is 9.85 Å². The first-order valence-electron chi connectivity index (χ1n) is 7.54. The van der Waals surface area contributed by atoms with Crippen molar-refractivity contribution >= 4 is 22.7 Å². The molecule has 0 saturated carbocycles. The molecule has 1 heterocycles. The third-order valence-corrected chi connectivity index (χ3v) is 4.11. The molecule has 2 aromatic rings. The molecule has 0 atom stereocenters. The summed E-state index contributed by atoms with van der Waals surface area (Å²) >= 11 is 0. The van der Waals surface area contributed by atoms with Gasteiger partial charge in [-0.25, -0.2) is 0 Å². The number of piperazine rings is 1. The summed E-state index contributed by atoms with van der Waals surface area (Å²) in [6.07, 6.45) is 0. The number of rotatable bonds is 4. The van der Waals surface area contributed by atoms with Gasteiger partial charge in [0.1, 0.15) is 5.69 Å². The fraction of sp³-hybridized carbons (Fsp3) is 0.250. The first kappa shape index (κ1) is 15.7. The lowest BCUT2D eigenvalue weighted by Gasteiger charge is -2.37. The molecule has 0 unspecified atom stereocenters. The number of nitrogens with zero attached hydrogens (tertiary/aromatic N) is 4. The van der Waals surface area contributed by atoms with Crippen molar-refractivity contribution in [2.24, 2.45) is 0 Å². The molecule has 0 amide bonds. The first-order valence-corrected chi connectivity index (χ1v) is 7.54. The Hall–Kier alpha value is -3.16. The Morgan fingerprint density at radius 2 is 1.42 bits per heavy atom. The highest BCUT2D eigenvalue weighted by Gasteiger charge is 2.26. The van der Waals surface area contributed by atoms with E-state index in [1.807, 2.05) is 35.2 Å². The van der Waals surface area contributed by atoms with E-state index in [0.29, 0.717) is 18.8 Å². The molecule has 1 saturated heterocycles. The molecule has 1 aliphatic heterocycles. The summed E-state index contributed by atoms with van der Waals surface area (Å²) in [5.74, 6) is 0. The summed E-state index contributed by atoms with van der Waals surface area (Å²) in [5.41, 5.74) is 1.05. The zero-order valence-corrected chi connectivity index (χ0v) is 12.9. The topological polar surface area (TPSA) is 92.8 Å². The smallest absolute Gasteiger partial charge is 0.299 e. The Labute approximate surface area is 138 Å². The number of nitro groups is 2. The van der Waals surface area contributed by atoms with Crippen molar-refractivity contribution in [1.29, 1.82) is 0 Å². The van der Waals surface area contributed by atoms with Crippen molar-refractivity contribution in [3.05, 3.63) is 68.8 Å². The lowest BCUT2D eigenvalue weighted by Crippen LogP contribution is -2.46. The fourth-order valence-corrected chi connectivity index (χ4v) is 2.88. The highest BCUT2D eigenvalue weighted by molar-refractivity contribution is 5.67. The highest BCUT2D eigenvalue weighted by Crippen LogP contribution is 2.33. The van der Waals surface area contributed by atoms with Gasteiger partial charge in [-0.15, -0.1) is 0 Å². The lowest BCUT2D eigenvalue weighted by atomic mass is 10.2. The molecule has 0 spiro atoms. The second-order valence-corrected chi connectivity index (χ2v) is 5.50.